The van der Waals surface area contributed by atoms with Gasteiger partial charge in [0.25, 0.3) is 0 Å². The molecule has 0 aromatic carbocycles. The van der Waals surface area contributed by atoms with Gasteiger partial charge in [-0.15, -0.1) is 0 Å². The van der Waals surface area contributed by atoms with E-state index in [0.29, 0.717) is 13.0 Å². The van der Waals surface area contributed by atoms with E-state index in [1.807, 2.05) is 13.8 Å². The van der Waals surface area contributed by atoms with Gasteiger partial charge in [0.1, 0.15) is 6.67 Å². The van der Waals surface area contributed by atoms with Gasteiger partial charge in [-0.2, -0.15) is 0 Å². The Morgan fingerprint density at radius 2 is 2.07 bits per heavy atom. The van der Waals surface area contributed by atoms with Crippen LogP contribution in [0.5, 0.6) is 0 Å². The molecule has 0 spiro atoms. The van der Waals surface area contributed by atoms with E-state index in [2.05, 4.69) is 10.6 Å². The zero-order valence-electron chi connectivity index (χ0n) is 9.05. The number of hydrogen-bond acceptors (Lipinski definition) is 3. The molecule has 2 atom stereocenters. The molecule has 0 bridgehead atoms. The topological polar surface area (TPSA) is 84.2 Å². The summed E-state index contributed by atoms with van der Waals surface area (Å²) in [6.45, 7) is 3.69. The lowest BCUT2D eigenvalue weighted by Gasteiger charge is -2.24. The molecule has 88 valence electrons. The summed E-state index contributed by atoms with van der Waals surface area (Å²) in [7, 11) is 0. The molecule has 6 heteroatoms. The van der Waals surface area contributed by atoms with E-state index in [1.165, 1.54) is 0 Å². The highest BCUT2D eigenvalue weighted by molar-refractivity contribution is 6.35. The number of carbonyl (C=O) groups is 2. The van der Waals surface area contributed by atoms with Crippen LogP contribution < -0.4 is 16.4 Å². The monoisotopic (exact) mass is 219 g/mol. The van der Waals surface area contributed by atoms with Crippen LogP contribution in [0.1, 0.15) is 20.3 Å². The molecule has 0 aromatic rings. The Labute approximate surface area is 88.6 Å². The summed E-state index contributed by atoms with van der Waals surface area (Å²) < 4.78 is 12.0. The fraction of sp³-hybridized carbons (Fsp3) is 0.778. The second-order valence-electron chi connectivity index (χ2n) is 3.03. The number of halogens is 1. The third-order valence-electron chi connectivity index (χ3n) is 1.84. The van der Waals surface area contributed by atoms with Crippen molar-refractivity contribution in [2.24, 2.45) is 5.73 Å². The van der Waals surface area contributed by atoms with Crippen LogP contribution in [-0.2, 0) is 9.59 Å². The van der Waals surface area contributed by atoms with Crippen molar-refractivity contribution in [1.82, 2.24) is 10.6 Å². The summed E-state index contributed by atoms with van der Waals surface area (Å²) in [4.78, 5) is 21.5. The Balaban J connectivity index is 0.000000921. The summed E-state index contributed by atoms with van der Waals surface area (Å²) in [5.41, 5.74) is 5.34. The van der Waals surface area contributed by atoms with Gasteiger partial charge in [-0.05, 0) is 6.42 Å². The number of nitrogens with one attached hydrogen (secondary N) is 2. The van der Waals surface area contributed by atoms with Crippen LogP contribution in [-0.4, -0.2) is 37.1 Å². The number of amides is 2. The van der Waals surface area contributed by atoms with Gasteiger partial charge < -0.3 is 16.4 Å². The van der Waals surface area contributed by atoms with Crippen molar-refractivity contribution in [3.8, 4) is 0 Å². The van der Waals surface area contributed by atoms with Crippen LogP contribution in [0, 0.1) is 0 Å². The smallest absolute Gasteiger partial charge is 0.309 e. The molecular formula is C9H18FN3O2. The number of piperazine rings is 1. The first-order chi connectivity index (χ1) is 7.13. The van der Waals surface area contributed by atoms with Crippen molar-refractivity contribution < 1.29 is 14.0 Å². The van der Waals surface area contributed by atoms with Crippen molar-refractivity contribution in [3.05, 3.63) is 0 Å². The molecule has 1 rings (SSSR count). The maximum Gasteiger partial charge on any atom is 0.309 e. The lowest BCUT2D eigenvalue weighted by atomic mass is 10.1. The summed E-state index contributed by atoms with van der Waals surface area (Å²) in [5, 5.41) is 4.82. The quantitative estimate of drug-likeness (QED) is 0.549. The fourth-order valence-corrected chi connectivity index (χ4v) is 1.17. The van der Waals surface area contributed by atoms with Crippen molar-refractivity contribution in [3.63, 3.8) is 0 Å². The lowest BCUT2D eigenvalue weighted by Crippen LogP contribution is -2.57. The van der Waals surface area contributed by atoms with Gasteiger partial charge in [-0.1, -0.05) is 13.8 Å². The molecule has 0 saturated carbocycles. The standard InChI is InChI=1S/C7H12FN3O2.C2H6/c8-2-4(9)1-5-3-10-6(12)7(13)11-5;1-2/h4-5H,1-3,9H2,(H,10,12)(H,11,13);1-2H3. The van der Waals surface area contributed by atoms with Gasteiger partial charge in [-0.25, -0.2) is 4.39 Å². The summed E-state index contributed by atoms with van der Waals surface area (Å²) in [6, 6.07) is -0.837. The average Bonchev–Trinajstić information content (AvgIpc) is 2.26. The molecule has 1 aliphatic rings. The first-order valence-electron chi connectivity index (χ1n) is 5.03. The van der Waals surface area contributed by atoms with Crippen LogP contribution >= 0.6 is 0 Å². The largest absolute Gasteiger partial charge is 0.346 e. The van der Waals surface area contributed by atoms with E-state index in [-0.39, 0.29) is 6.04 Å². The van der Waals surface area contributed by atoms with E-state index < -0.39 is 24.5 Å². The Bertz CT molecular complexity index is 223. The summed E-state index contributed by atoms with van der Waals surface area (Å²) >= 11 is 0. The highest BCUT2D eigenvalue weighted by atomic mass is 19.1. The molecule has 0 radical (unpaired) electrons. The van der Waals surface area contributed by atoms with Crippen LogP contribution in [0.2, 0.25) is 0 Å². The SMILES string of the molecule is CC.NC(CF)CC1CNC(=O)C(=O)N1. The second-order valence-corrected chi connectivity index (χ2v) is 3.03. The van der Waals surface area contributed by atoms with Gasteiger partial charge in [-0.3, -0.25) is 9.59 Å². The average molecular weight is 219 g/mol. The minimum absolute atomic E-state index is 0.254. The van der Waals surface area contributed by atoms with Gasteiger partial charge in [0.05, 0.1) is 0 Å². The zero-order valence-corrected chi connectivity index (χ0v) is 9.05. The van der Waals surface area contributed by atoms with E-state index in [1.54, 1.807) is 0 Å². The van der Waals surface area contributed by atoms with Crippen molar-refractivity contribution in [1.29, 1.82) is 0 Å². The number of carbonyl (C=O) groups excluding carboxylic acids is 2. The van der Waals surface area contributed by atoms with E-state index >= 15 is 0 Å². The molecule has 15 heavy (non-hydrogen) atoms. The predicted molar refractivity (Wildman–Crippen MR) is 54.9 cm³/mol. The molecule has 4 N–H and O–H groups in total. The maximum absolute atomic E-state index is 12.0. The summed E-state index contributed by atoms with van der Waals surface area (Å²) in [6.07, 6.45) is 0.336. The molecule has 0 aliphatic carbocycles. The zero-order chi connectivity index (χ0) is 11.8. The first-order valence-corrected chi connectivity index (χ1v) is 5.03. The molecule has 2 amide bonds. The van der Waals surface area contributed by atoms with E-state index in [9.17, 15) is 14.0 Å². The Morgan fingerprint density at radius 1 is 1.47 bits per heavy atom. The first kappa shape index (κ1) is 13.8. The van der Waals surface area contributed by atoms with E-state index in [0.717, 1.165) is 0 Å². The lowest BCUT2D eigenvalue weighted by molar-refractivity contribution is -0.141. The van der Waals surface area contributed by atoms with Gasteiger partial charge in [0, 0.05) is 18.6 Å². The molecule has 1 heterocycles. The number of alkyl halides is 1. The van der Waals surface area contributed by atoms with Crippen LogP contribution in [0.4, 0.5) is 4.39 Å². The summed E-state index contributed by atoms with van der Waals surface area (Å²) in [5.74, 6) is -1.33. The third-order valence-corrected chi connectivity index (χ3v) is 1.84. The van der Waals surface area contributed by atoms with Gasteiger partial charge >= 0.3 is 11.8 Å². The number of nitrogens with two attached hydrogens (primary N) is 1. The molecule has 1 saturated heterocycles. The number of hydrogen-bond donors (Lipinski definition) is 3. The molecule has 1 aliphatic heterocycles. The Kier molecular flexibility index (Phi) is 6.61. The molecule has 1 fully saturated rings. The predicted octanol–water partition coefficient (Wildman–Crippen LogP) is -0.686. The fourth-order valence-electron chi connectivity index (χ4n) is 1.17. The van der Waals surface area contributed by atoms with E-state index in [4.69, 9.17) is 5.73 Å². The molecule has 2 unspecified atom stereocenters. The van der Waals surface area contributed by atoms with Crippen molar-refractivity contribution in [2.45, 2.75) is 32.4 Å². The highest BCUT2D eigenvalue weighted by Crippen LogP contribution is 1.99. The van der Waals surface area contributed by atoms with Crippen LogP contribution in [0.25, 0.3) is 0 Å². The van der Waals surface area contributed by atoms with Crippen molar-refractivity contribution >= 4 is 11.8 Å². The number of rotatable bonds is 3. The molecule has 5 nitrogen and oxygen atoms in total. The highest BCUT2D eigenvalue weighted by Gasteiger charge is 2.25. The Hall–Kier alpha value is -1.17. The second kappa shape index (κ2) is 7.17. The third kappa shape index (κ3) is 4.73. The normalized spacial score (nSPS) is 22.0. The van der Waals surface area contributed by atoms with Crippen LogP contribution in [0.3, 0.4) is 0 Å². The minimum Gasteiger partial charge on any atom is -0.346 e. The minimum atomic E-state index is -0.678. The van der Waals surface area contributed by atoms with Crippen LogP contribution in [0.15, 0.2) is 0 Å². The maximum atomic E-state index is 12.0. The Morgan fingerprint density at radius 3 is 2.53 bits per heavy atom. The molecule has 0 aromatic heterocycles. The molecular weight excluding hydrogens is 201 g/mol. The van der Waals surface area contributed by atoms with Crippen molar-refractivity contribution in [2.75, 3.05) is 13.2 Å². The van der Waals surface area contributed by atoms with Gasteiger partial charge in [0.15, 0.2) is 0 Å². The van der Waals surface area contributed by atoms with Gasteiger partial charge in [0.2, 0.25) is 0 Å².